The fourth-order valence-corrected chi connectivity index (χ4v) is 3.50. The van der Waals surface area contributed by atoms with Gasteiger partial charge in [0.1, 0.15) is 0 Å². The second kappa shape index (κ2) is 7.64. The third-order valence-corrected chi connectivity index (χ3v) is 4.93. The number of carbonyl (C=O) groups is 2. The van der Waals surface area contributed by atoms with Crippen LogP contribution in [-0.4, -0.2) is 46.3 Å². The number of rotatable bonds is 5. The predicted octanol–water partition coefficient (Wildman–Crippen LogP) is 2.20. The first-order valence-corrected chi connectivity index (χ1v) is 9.19. The van der Waals surface area contributed by atoms with E-state index in [1.54, 1.807) is 11.9 Å². The second-order valence-corrected chi connectivity index (χ2v) is 6.83. The number of anilines is 1. The maximum atomic E-state index is 12.5. The molecule has 4 rings (SSSR count). The molecule has 0 saturated carbocycles. The molecule has 0 spiro atoms. The summed E-state index contributed by atoms with van der Waals surface area (Å²) < 4.78 is 0. The van der Waals surface area contributed by atoms with Gasteiger partial charge in [0.05, 0.1) is 11.6 Å². The Balaban J connectivity index is 1.43. The molecule has 1 unspecified atom stereocenters. The van der Waals surface area contributed by atoms with Gasteiger partial charge in [0.2, 0.25) is 11.9 Å². The van der Waals surface area contributed by atoms with Crippen molar-refractivity contribution in [2.75, 3.05) is 18.9 Å². The largest absolute Gasteiger partial charge is 0.357 e. The van der Waals surface area contributed by atoms with Gasteiger partial charge < -0.3 is 15.5 Å². The van der Waals surface area contributed by atoms with Crippen LogP contribution in [0.1, 0.15) is 22.3 Å². The van der Waals surface area contributed by atoms with Crippen LogP contribution in [0.25, 0.3) is 10.8 Å². The van der Waals surface area contributed by atoms with Gasteiger partial charge in [-0.25, -0.2) is 9.97 Å². The summed E-state index contributed by atoms with van der Waals surface area (Å²) in [5.41, 5.74) is 1.48. The van der Waals surface area contributed by atoms with Crippen molar-refractivity contribution in [2.45, 2.75) is 19.0 Å². The van der Waals surface area contributed by atoms with Crippen LogP contribution >= 0.6 is 0 Å². The molecule has 1 aliphatic heterocycles. The van der Waals surface area contributed by atoms with Gasteiger partial charge in [0, 0.05) is 39.0 Å². The average molecular weight is 375 g/mol. The van der Waals surface area contributed by atoms with Gasteiger partial charge >= 0.3 is 0 Å². The zero-order valence-electron chi connectivity index (χ0n) is 15.6. The molecule has 1 atom stereocenters. The molecular weight excluding hydrogens is 354 g/mol. The summed E-state index contributed by atoms with van der Waals surface area (Å²) in [6.45, 7) is 1.02. The number of nitrogens with one attached hydrogen (secondary N) is 2. The number of likely N-dealkylation sites (tertiary alicyclic amines) is 1. The Morgan fingerprint density at radius 2 is 1.89 bits per heavy atom. The van der Waals surface area contributed by atoms with Crippen molar-refractivity contribution in [1.82, 2.24) is 20.2 Å². The third kappa shape index (κ3) is 3.64. The Labute approximate surface area is 162 Å². The smallest absolute Gasteiger partial charge is 0.254 e. The highest BCUT2D eigenvalue weighted by molar-refractivity contribution is 5.94. The van der Waals surface area contributed by atoms with E-state index < -0.39 is 0 Å². The second-order valence-electron chi connectivity index (χ2n) is 6.83. The molecule has 0 radical (unpaired) electrons. The number of fused-ring (bicyclic) bond motifs is 1. The molecule has 2 heterocycles. The summed E-state index contributed by atoms with van der Waals surface area (Å²) in [6, 6.07) is 14.0. The highest BCUT2D eigenvalue weighted by Gasteiger charge is 2.31. The van der Waals surface area contributed by atoms with Crippen molar-refractivity contribution >= 4 is 28.5 Å². The SMILES string of the molecule is CNc1ncc(C(=O)NC2CC(=O)N(Cc3cccc4ccccc34)C2)cn1. The highest BCUT2D eigenvalue weighted by Crippen LogP contribution is 2.22. The molecule has 2 amide bonds. The maximum Gasteiger partial charge on any atom is 0.254 e. The summed E-state index contributed by atoms with van der Waals surface area (Å²) in [5, 5.41) is 8.02. The van der Waals surface area contributed by atoms with Crippen molar-refractivity contribution < 1.29 is 9.59 Å². The van der Waals surface area contributed by atoms with Crippen molar-refractivity contribution in [1.29, 1.82) is 0 Å². The summed E-state index contributed by atoms with van der Waals surface area (Å²) in [6.07, 6.45) is 3.24. The number of nitrogens with zero attached hydrogens (tertiary/aromatic N) is 3. The van der Waals surface area contributed by atoms with Crippen LogP contribution in [0.15, 0.2) is 54.9 Å². The molecule has 7 heteroatoms. The number of hydrogen-bond donors (Lipinski definition) is 2. The maximum absolute atomic E-state index is 12.5. The fourth-order valence-electron chi connectivity index (χ4n) is 3.50. The van der Waals surface area contributed by atoms with E-state index in [4.69, 9.17) is 0 Å². The number of aromatic nitrogens is 2. The quantitative estimate of drug-likeness (QED) is 0.714. The van der Waals surface area contributed by atoms with Crippen LogP contribution in [0.5, 0.6) is 0 Å². The predicted molar refractivity (Wildman–Crippen MR) is 107 cm³/mol. The number of carbonyl (C=O) groups excluding carboxylic acids is 2. The van der Waals surface area contributed by atoms with Crippen molar-refractivity contribution in [3.8, 4) is 0 Å². The van der Waals surface area contributed by atoms with E-state index in [1.807, 2.05) is 24.3 Å². The molecule has 2 aromatic carbocycles. The number of amides is 2. The minimum absolute atomic E-state index is 0.0417. The molecule has 1 saturated heterocycles. The monoisotopic (exact) mass is 375 g/mol. The molecular formula is C21H21N5O2. The average Bonchev–Trinajstić information content (AvgIpc) is 3.07. The van der Waals surface area contributed by atoms with Gasteiger partial charge in [-0.05, 0) is 16.3 Å². The first-order valence-electron chi connectivity index (χ1n) is 9.19. The first-order chi connectivity index (χ1) is 13.6. The summed E-state index contributed by atoms with van der Waals surface area (Å²) >= 11 is 0. The van der Waals surface area contributed by atoms with Crippen LogP contribution in [-0.2, 0) is 11.3 Å². The Morgan fingerprint density at radius 1 is 1.14 bits per heavy atom. The van der Waals surface area contributed by atoms with Gasteiger partial charge in [-0.15, -0.1) is 0 Å². The van der Waals surface area contributed by atoms with E-state index in [0.29, 0.717) is 31.0 Å². The minimum Gasteiger partial charge on any atom is -0.357 e. The lowest BCUT2D eigenvalue weighted by atomic mass is 10.0. The van der Waals surface area contributed by atoms with E-state index in [2.05, 4.69) is 38.8 Å². The molecule has 0 bridgehead atoms. The molecule has 1 fully saturated rings. The summed E-state index contributed by atoms with van der Waals surface area (Å²) in [5.74, 6) is 0.223. The molecule has 3 aromatic rings. The van der Waals surface area contributed by atoms with Crippen LogP contribution < -0.4 is 10.6 Å². The van der Waals surface area contributed by atoms with E-state index in [-0.39, 0.29) is 17.9 Å². The Morgan fingerprint density at radius 3 is 2.68 bits per heavy atom. The Bertz CT molecular complexity index is 1010. The van der Waals surface area contributed by atoms with Gasteiger partial charge in [-0.1, -0.05) is 42.5 Å². The summed E-state index contributed by atoms with van der Waals surface area (Å²) in [4.78, 5) is 34.8. The van der Waals surface area contributed by atoms with E-state index in [9.17, 15) is 9.59 Å². The third-order valence-electron chi connectivity index (χ3n) is 4.93. The van der Waals surface area contributed by atoms with Crippen molar-refractivity contribution in [3.05, 3.63) is 66.0 Å². The highest BCUT2D eigenvalue weighted by atomic mass is 16.2. The van der Waals surface area contributed by atoms with Gasteiger partial charge in [0.25, 0.3) is 5.91 Å². The van der Waals surface area contributed by atoms with Gasteiger partial charge in [-0.2, -0.15) is 0 Å². The van der Waals surface area contributed by atoms with E-state index in [0.717, 1.165) is 16.3 Å². The topological polar surface area (TPSA) is 87.2 Å². The van der Waals surface area contributed by atoms with Crippen molar-refractivity contribution in [2.24, 2.45) is 0 Å². The molecule has 0 aliphatic carbocycles. The minimum atomic E-state index is -0.271. The van der Waals surface area contributed by atoms with Crippen LogP contribution in [0.2, 0.25) is 0 Å². The molecule has 1 aromatic heterocycles. The Kier molecular flexibility index (Phi) is 4.89. The van der Waals surface area contributed by atoms with Crippen LogP contribution in [0.3, 0.4) is 0 Å². The normalized spacial score (nSPS) is 16.4. The summed E-state index contributed by atoms with van der Waals surface area (Å²) in [7, 11) is 1.71. The zero-order valence-corrected chi connectivity index (χ0v) is 15.6. The van der Waals surface area contributed by atoms with Crippen molar-refractivity contribution in [3.63, 3.8) is 0 Å². The number of benzene rings is 2. The number of hydrogen-bond acceptors (Lipinski definition) is 5. The Hall–Kier alpha value is -3.48. The van der Waals surface area contributed by atoms with Crippen LogP contribution in [0.4, 0.5) is 5.95 Å². The molecule has 1 aliphatic rings. The molecule has 28 heavy (non-hydrogen) atoms. The zero-order chi connectivity index (χ0) is 19.5. The first kappa shape index (κ1) is 17.9. The van der Waals surface area contributed by atoms with Gasteiger partial charge in [-0.3, -0.25) is 9.59 Å². The van der Waals surface area contributed by atoms with E-state index in [1.165, 1.54) is 12.4 Å². The lowest BCUT2D eigenvalue weighted by molar-refractivity contribution is -0.128. The molecule has 2 N–H and O–H groups in total. The molecule has 142 valence electrons. The molecule has 7 nitrogen and oxygen atoms in total. The standard InChI is InChI=1S/C21H21N5O2/c1-22-21-23-10-16(11-24-21)20(28)25-17-9-19(27)26(13-17)12-15-7-4-6-14-5-2-3-8-18(14)15/h2-8,10-11,17H,9,12-13H2,1H3,(H,25,28)(H,22,23,24). The van der Waals surface area contributed by atoms with Gasteiger partial charge in [0.15, 0.2) is 0 Å². The lowest BCUT2D eigenvalue weighted by Gasteiger charge is -2.18. The van der Waals surface area contributed by atoms with Crippen LogP contribution in [0, 0.1) is 0 Å². The lowest BCUT2D eigenvalue weighted by Crippen LogP contribution is -2.37. The fraction of sp³-hybridized carbons (Fsp3) is 0.238. The van der Waals surface area contributed by atoms with E-state index >= 15 is 0 Å².